The van der Waals surface area contributed by atoms with E-state index in [-0.39, 0.29) is 0 Å². The van der Waals surface area contributed by atoms with Gasteiger partial charge in [-0.05, 0) is 29.2 Å². The number of nitrogens with one attached hydrogen (secondary N) is 1. The molecule has 0 saturated carbocycles. The van der Waals surface area contributed by atoms with Crippen LogP contribution in [-0.4, -0.2) is 17.2 Å². The number of hydrogen-bond acceptors (Lipinski definition) is 4. The Labute approximate surface area is 134 Å². The van der Waals surface area contributed by atoms with E-state index in [0.717, 1.165) is 34.0 Å². The predicted molar refractivity (Wildman–Crippen MR) is 91.5 cm³/mol. The first-order chi connectivity index (χ1) is 11.2. The van der Waals surface area contributed by atoms with Gasteiger partial charge in [0.05, 0.1) is 11.4 Å². The number of hydrogen-bond donors (Lipinski definition) is 3. The molecule has 4 nitrogen and oxygen atoms in total. The van der Waals surface area contributed by atoms with E-state index >= 15 is 0 Å². The van der Waals surface area contributed by atoms with E-state index in [1.165, 1.54) is 0 Å². The smallest absolute Gasteiger partial charge is 0.453 e. The van der Waals surface area contributed by atoms with Gasteiger partial charge in [-0.1, -0.05) is 48.5 Å². The molecule has 0 amide bonds. The maximum atomic E-state index is 9.21. The molecule has 1 heterocycles. The molecule has 3 aromatic rings. The van der Waals surface area contributed by atoms with Crippen LogP contribution >= 0.6 is 0 Å². The molecular weight excluding hydrogens is 289 g/mol. The second kappa shape index (κ2) is 5.46. The standard InChI is InChI=1S/C18H14BNO3/c21-19(22)13-10-8-12(9-11-13)14-4-3-7-17-18(14)20-15-5-1-2-6-16(15)23-17/h1-11,20-22H. The molecule has 0 aromatic heterocycles. The van der Waals surface area contributed by atoms with Gasteiger partial charge in [-0.3, -0.25) is 0 Å². The molecule has 0 atom stereocenters. The Balaban J connectivity index is 1.77. The molecule has 1 aliphatic rings. The average Bonchev–Trinajstić information content (AvgIpc) is 2.59. The molecule has 3 N–H and O–H groups in total. The Hall–Kier alpha value is -2.76. The molecular formula is C18H14BNO3. The van der Waals surface area contributed by atoms with Crippen LogP contribution in [0.1, 0.15) is 0 Å². The molecule has 3 aromatic carbocycles. The summed E-state index contributed by atoms with van der Waals surface area (Å²) in [4.78, 5) is 0. The van der Waals surface area contributed by atoms with Crippen LogP contribution in [-0.2, 0) is 0 Å². The molecule has 0 radical (unpaired) electrons. The minimum atomic E-state index is -1.46. The van der Waals surface area contributed by atoms with Crippen LogP contribution in [0.15, 0.2) is 66.7 Å². The summed E-state index contributed by atoms with van der Waals surface area (Å²) in [6.45, 7) is 0. The number of ether oxygens (including phenoxy) is 1. The van der Waals surface area contributed by atoms with Crippen molar-refractivity contribution in [2.24, 2.45) is 0 Å². The first kappa shape index (κ1) is 13.9. The van der Waals surface area contributed by atoms with E-state index in [9.17, 15) is 10.0 Å². The number of benzene rings is 3. The molecule has 1 aliphatic heterocycles. The highest BCUT2D eigenvalue weighted by Gasteiger charge is 2.19. The highest BCUT2D eigenvalue weighted by atomic mass is 16.5. The highest BCUT2D eigenvalue weighted by molar-refractivity contribution is 6.58. The van der Waals surface area contributed by atoms with Crippen molar-refractivity contribution in [3.63, 3.8) is 0 Å². The zero-order valence-electron chi connectivity index (χ0n) is 12.2. The lowest BCUT2D eigenvalue weighted by Gasteiger charge is -2.24. The summed E-state index contributed by atoms with van der Waals surface area (Å²) in [7, 11) is -1.46. The molecule has 5 heteroatoms. The second-order valence-electron chi connectivity index (χ2n) is 5.40. The summed E-state index contributed by atoms with van der Waals surface area (Å²) in [6, 6.07) is 20.8. The zero-order valence-corrected chi connectivity index (χ0v) is 12.2. The fourth-order valence-corrected chi connectivity index (χ4v) is 2.73. The normalized spacial score (nSPS) is 11.7. The molecule has 0 fully saturated rings. The zero-order chi connectivity index (χ0) is 15.8. The average molecular weight is 303 g/mol. The predicted octanol–water partition coefficient (Wildman–Crippen LogP) is 2.88. The molecule has 4 rings (SSSR count). The van der Waals surface area contributed by atoms with Gasteiger partial charge in [-0.2, -0.15) is 0 Å². The first-order valence-corrected chi connectivity index (χ1v) is 7.36. The number of anilines is 2. The first-order valence-electron chi connectivity index (χ1n) is 7.36. The van der Waals surface area contributed by atoms with Gasteiger partial charge in [0.1, 0.15) is 0 Å². The van der Waals surface area contributed by atoms with E-state index < -0.39 is 7.12 Å². The summed E-state index contributed by atoms with van der Waals surface area (Å²) < 4.78 is 5.96. The number of para-hydroxylation sites is 3. The van der Waals surface area contributed by atoms with Crippen LogP contribution in [0.2, 0.25) is 0 Å². The second-order valence-corrected chi connectivity index (χ2v) is 5.40. The van der Waals surface area contributed by atoms with E-state index in [2.05, 4.69) is 5.32 Å². The Morgan fingerprint density at radius 1 is 0.783 bits per heavy atom. The van der Waals surface area contributed by atoms with Crippen molar-refractivity contribution in [3.8, 4) is 22.6 Å². The van der Waals surface area contributed by atoms with Crippen LogP contribution < -0.4 is 15.5 Å². The van der Waals surface area contributed by atoms with Crippen molar-refractivity contribution in [2.45, 2.75) is 0 Å². The molecule has 0 saturated heterocycles. The minimum absolute atomic E-state index is 0.466. The third-order valence-electron chi connectivity index (χ3n) is 3.91. The van der Waals surface area contributed by atoms with E-state index in [1.807, 2.05) is 54.6 Å². The van der Waals surface area contributed by atoms with Crippen molar-refractivity contribution in [3.05, 3.63) is 66.7 Å². The topological polar surface area (TPSA) is 61.7 Å². The van der Waals surface area contributed by atoms with E-state index in [0.29, 0.717) is 5.46 Å². The summed E-state index contributed by atoms with van der Waals surface area (Å²) in [5.74, 6) is 1.57. The van der Waals surface area contributed by atoms with E-state index in [1.54, 1.807) is 12.1 Å². The fraction of sp³-hybridized carbons (Fsp3) is 0. The van der Waals surface area contributed by atoms with Crippen LogP contribution in [0.4, 0.5) is 11.4 Å². The minimum Gasteiger partial charge on any atom is -0.453 e. The van der Waals surface area contributed by atoms with Crippen molar-refractivity contribution >= 4 is 24.0 Å². The van der Waals surface area contributed by atoms with Gasteiger partial charge in [-0.15, -0.1) is 0 Å². The summed E-state index contributed by atoms with van der Waals surface area (Å²) in [5, 5.41) is 21.8. The van der Waals surface area contributed by atoms with Gasteiger partial charge >= 0.3 is 7.12 Å². The maximum Gasteiger partial charge on any atom is 0.488 e. The molecule has 0 spiro atoms. The van der Waals surface area contributed by atoms with E-state index in [4.69, 9.17) is 4.74 Å². The Bertz CT molecular complexity index is 862. The lowest BCUT2D eigenvalue weighted by Crippen LogP contribution is -2.29. The number of fused-ring (bicyclic) bond motifs is 2. The van der Waals surface area contributed by atoms with Crippen molar-refractivity contribution in [1.82, 2.24) is 0 Å². The molecule has 0 aliphatic carbocycles. The Kier molecular flexibility index (Phi) is 3.30. The van der Waals surface area contributed by atoms with Crippen LogP contribution in [0, 0.1) is 0 Å². The van der Waals surface area contributed by atoms with Gasteiger partial charge < -0.3 is 20.1 Å². The lowest BCUT2D eigenvalue weighted by atomic mass is 9.80. The van der Waals surface area contributed by atoms with Crippen molar-refractivity contribution < 1.29 is 14.8 Å². The summed E-state index contributed by atoms with van der Waals surface area (Å²) in [6.07, 6.45) is 0. The fourth-order valence-electron chi connectivity index (χ4n) is 2.73. The van der Waals surface area contributed by atoms with Crippen LogP contribution in [0.5, 0.6) is 11.5 Å². The molecule has 23 heavy (non-hydrogen) atoms. The van der Waals surface area contributed by atoms with Gasteiger partial charge in [0.25, 0.3) is 0 Å². The van der Waals surface area contributed by atoms with Gasteiger partial charge in [-0.25, -0.2) is 0 Å². The third kappa shape index (κ3) is 2.46. The summed E-state index contributed by atoms with van der Waals surface area (Å²) >= 11 is 0. The van der Waals surface area contributed by atoms with Crippen LogP contribution in [0.3, 0.4) is 0 Å². The summed E-state index contributed by atoms with van der Waals surface area (Å²) in [5.41, 5.74) is 4.27. The van der Waals surface area contributed by atoms with Gasteiger partial charge in [0.2, 0.25) is 0 Å². The Morgan fingerprint density at radius 3 is 2.30 bits per heavy atom. The quantitative estimate of drug-likeness (QED) is 0.498. The molecule has 0 bridgehead atoms. The largest absolute Gasteiger partial charge is 0.488 e. The lowest BCUT2D eigenvalue weighted by molar-refractivity contribution is 0.426. The van der Waals surface area contributed by atoms with Crippen molar-refractivity contribution in [2.75, 3.05) is 5.32 Å². The van der Waals surface area contributed by atoms with Crippen LogP contribution in [0.25, 0.3) is 11.1 Å². The van der Waals surface area contributed by atoms with Gasteiger partial charge in [0.15, 0.2) is 11.5 Å². The maximum absolute atomic E-state index is 9.21. The Morgan fingerprint density at radius 2 is 1.52 bits per heavy atom. The van der Waals surface area contributed by atoms with Gasteiger partial charge in [0, 0.05) is 5.56 Å². The highest BCUT2D eigenvalue weighted by Crippen LogP contribution is 2.46. The van der Waals surface area contributed by atoms with Crippen molar-refractivity contribution in [1.29, 1.82) is 0 Å². The molecule has 112 valence electrons. The SMILES string of the molecule is OB(O)c1ccc(-c2cccc3c2Nc2ccccc2O3)cc1. The molecule has 0 unspecified atom stereocenters. The monoisotopic (exact) mass is 303 g/mol. The number of rotatable bonds is 2. The third-order valence-corrected chi connectivity index (χ3v) is 3.91.